The molecule has 2 aliphatic heterocycles. The number of hydrogen-bond acceptors (Lipinski definition) is 3. The maximum atomic E-state index is 9.52. The van der Waals surface area contributed by atoms with Crippen molar-refractivity contribution in [2.24, 2.45) is 0 Å². The summed E-state index contributed by atoms with van der Waals surface area (Å²) < 4.78 is 0. The monoisotopic (exact) mass is 142 g/mol. The molecule has 0 bridgehead atoms. The van der Waals surface area contributed by atoms with Crippen molar-refractivity contribution in [2.45, 2.75) is 25.2 Å². The van der Waals surface area contributed by atoms with Crippen LogP contribution in [0.25, 0.3) is 0 Å². The molecule has 2 saturated heterocycles. The number of rotatable bonds is 0. The first-order valence-electron chi connectivity index (χ1n) is 3.93. The standard InChI is InChI=1S/C7H14N2O/c1-8-5-6-3-2-4-9(6)7(8)10/h6-7,10H,2-5H2,1H3. The van der Waals surface area contributed by atoms with Gasteiger partial charge in [0.1, 0.15) is 0 Å². The minimum atomic E-state index is -0.299. The summed E-state index contributed by atoms with van der Waals surface area (Å²) in [6.07, 6.45) is 2.23. The van der Waals surface area contributed by atoms with E-state index in [-0.39, 0.29) is 6.35 Å². The van der Waals surface area contributed by atoms with Gasteiger partial charge in [-0.2, -0.15) is 0 Å². The van der Waals surface area contributed by atoms with Crippen LogP contribution in [-0.4, -0.2) is 47.4 Å². The summed E-state index contributed by atoms with van der Waals surface area (Å²) in [4.78, 5) is 4.18. The van der Waals surface area contributed by atoms with Crippen LogP contribution in [0.15, 0.2) is 0 Å². The summed E-state index contributed by atoms with van der Waals surface area (Å²) >= 11 is 0. The van der Waals surface area contributed by atoms with Crippen molar-refractivity contribution >= 4 is 0 Å². The molecule has 1 N–H and O–H groups in total. The summed E-state index contributed by atoms with van der Waals surface area (Å²) in [6, 6.07) is 0.639. The molecule has 58 valence electrons. The lowest BCUT2D eigenvalue weighted by Crippen LogP contribution is -2.36. The minimum Gasteiger partial charge on any atom is -0.365 e. The average molecular weight is 142 g/mol. The third kappa shape index (κ3) is 0.779. The highest BCUT2D eigenvalue weighted by Gasteiger charge is 2.38. The SMILES string of the molecule is CN1CC2CCCN2C1O. The van der Waals surface area contributed by atoms with Gasteiger partial charge in [0.2, 0.25) is 0 Å². The Hall–Kier alpha value is -0.120. The third-order valence-electron chi connectivity index (χ3n) is 2.61. The number of nitrogens with zero attached hydrogens (tertiary/aromatic N) is 2. The Morgan fingerprint density at radius 3 is 3.00 bits per heavy atom. The highest BCUT2D eigenvalue weighted by atomic mass is 16.3. The number of aliphatic hydroxyl groups excluding tert-OH is 1. The van der Waals surface area contributed by atoms with Gasteiger partial charge in [-0.1, -0.05) is 0 Å². The molecule has 0 radical (unpaired) electrons. The number of likely N-dealkylation sites (N-methyl/N-ethyl adjacent to an activating group) is 1. The van der Waals surface area contributed by atoms with E-state index in [1.54, 1.807) is 0 Å². The van der Waals surface area contributed by atoms with Gasteiger partial charge < -0.3 is 5.11 Å². The summed E-state index contributed by atoms with van der Waals surface area (Å²) in [5.41, 5.74) is 0. The maximum Gasteiger partial charge on any atom is 0.165 e. The second kappa shape index (κ2) is 2.19. The predicted octanol–water partition coefficient (Wildman–Crippen LogP) is -0.328. The maximum absolute atomic E-state index is 9.52. The molecule has 2 heterocycles. The zero-order valence-corrected chi connectivity index (χ0v) is 6.32. The van der Waals surface area contributed by atoms with Crippen LogP contribution < -0.4 is 0 Å². The highest BCUT2D eigenvalue weighted by Crippen LogP contribution is 2.26. The molecule has 0 saturated carbocycles. The van der Waals surface area contributed by atoms with Crippen molar-refractivity contribution in [3.05, 3.63) is 0 Å². The first-order chi connectivity index (χ1) is 4.79. The zero-order valence-electron chi connectivity index (χ0n) is 6.32. The van der Waals surface area contributed by atoms with Gasteiger partial charge in [-0.05, 0) is 19.9 Å². The quantitative estimate of drug-likeness (QED) is 0.502. The second-order valence-corrected chi connectivity index (χ2v) is 3.32. The lowest BCUT2D eigenvalue weighted by molar-refractivity contribution is -0.0448. The van der Waals surface area contributed by atoms with Crippen molar-refractivity contribution in [1.29, 1.82) is 0 Å². The van der Waals surface area contributed by atoms with E-state index in [0.717, 1.165) is 13.1 Å². The lowest BCUT2D eigenvalue weighted by Gasteiger charge is -2.20. The fourth-order valence-electron chi connectivity index (χ4n) is 2.04. The summed E-state index contributed by atoms with van der Waals surface area (Å²) in [5, 5.41) is 9.52. The molecule has 0 aromatic rings. The van der Waals surface area contributed by atoms with E-state index in [0.29, 0.717) is 6.04 Å². The Morgan fingerprint density at radius 2 is 2.30 bits per heavy atom. The van der Waals surface area contributed by atoms with Crippen LogP contribution >= 0.6 is 0 Å². The molecule has 10 heavy (non-hydrogen) atoms. The van der Waals surface area contributed by atoms with E-state index in [2.05, 4.69) is 4.90 Å². The van der Waals surface area contributed by atoms with Crippen molar-refractivity contribution in [3.8, 4) is 0 Å². The summed E-state index contributed by atoms with van der Waals surface area (Å²) in [6.45, 7) is 2.12. The van der Waals surface area contributed by atoms with Crippen LogP contribution in [-0.2, 0) is 0 Å². The third-order valence-corrected chi connectivity index (χ3v) is 2.61. The van der Waals surface area contributed by atoms with Crippen molar-refractivity contribution in [3.63, 3.8) is 0 Å². The van der Waals surface area contributed by atoms with Gasteiger partial charge in [0, 0.05) is 19.1 Å². The molecule has 2 unspecified atom stereocenters. The van der Waals surface area contributed by atoms with Gasteiger partial charge in [-0.15, -0.1) is 0 Å². The molecule has 3 nitrogen and oxygen atoms in total. The molecule has 0 spiro atoms. The van der Waals surface area contributed by atoms with E-state index in [4.69, 9.17) is 0 Å². The fourth-order valence-corrected chi connectivity index (χ4v) is 2.04. The van der Waals surface area contributed by atoms with Crippen LogP contribution in [0.3, 0.4) is 0 Å². The molecule has 0 amide bonds. The fraction of sp³-hybridized carbons (Fsp3) is 1.00. The van der Waals surface area contributed by atoms with E-state index in [1.807, 2.05) is 11.9 Å². The number of hydrogen-bond donors (Lipinski definition) is 1. The molecular weight excluding hydrogens is 128 g/mol. The minimum absolute atomic E-state index is 0.299. The molecule has 2 fully saturated rings. The van der Waals surface area contributed by atoms with E-state index < -0.39 is 0 Å². The van der Waals surface area contributed by atoms with E-state index in [1.165, 1.54) is 12.8 Å². The first kappa shape index (κ1) is 6.58. The van der Waals surface area contributed by atoms with Gasteiger partial charge >= 0.3 is 0 Å². The predicted molar refractivity (Wildman–Crippen MR) is 38.4 cm³/mol. The first-order valence-corrected chi connectivity index (χ1v) is 3.93. The zero-order chi connectivity index (χ0) is 7.14. The van der Waals surface area contributed by atoms with Gasteiger partial charge in [0.05, 0.1) is 0 Å². The molecule has 2 rings (SSSR count). The van der Waals surface area contributed by atoms with Crippen LogP contribution in [0.5, 0.6) is 0 Å². The Labute approximate surface area is 61.2 Å². The molecular formula is C7H14N2O. The van der Waals surface area contributed by atoms with Crippen LogP contribution in [0, 0.1) is 0 Å². The van der Waals surface area contributed by atoms with E-state index in [9.17, 15) is 5.11 Å². The van der Waals surface area contributed by atoms with E-state index >= 15 is 0 Å². The van der Waals surface area contributed by atoms with Crippen LogP contribution in [0.4, 0.5) is 0 Å². The van der Waals surface area contributed by atoms with Crippen LogP contribution in [0.1, 0.15) is 12.8 Å². The molecule has 3 heteroatoms. The van der Waals surface area contributed by atoms with Gasteiger partial charge in [0.15, 0.2) is 6.35 Å². The topological polar surface area (TPSA) is 26.7 Å². The van der Waals surface area contributed by atoms with Crippen molar-refractivity contribution in [2.75, 3.05) is 20.1 Å². The Balaban J connectivity index is 2.09. The molecule has 0 aliphatic carbocycles. The second-order valence-electron chi connectivity index (χ2n) is 3.32. The normalized spacial score (nSPS) is 42.6. The van der Waals surface area contributed by atoms with Crippen molar-refractivity contribution < 1.29 is 5.11 Å². The lowest BCUT2D eigenvalue weighted by atomic mass is 10.2. The largest absolute Gasteiger partial charge is 0.365 e. The molecule has 2 atom stereocenters. The number of fused-ring (bicyclic) bond motifs is 1. The molecule has 0 aromatic heterocycles. The van der Waals surface area contributed by atoms with Crippen LogP contribution in [0.2, 0.25) is 0 Å². The Morgan fingerprint density at radius 1 is 1.50 bits per heavy atom. The summed E-state index contributed by atoms with van der Waals surface area (Å²) in [5.74, 6) is 0. The highest BCUT2D eigenvalue weighted by molar-refractivity contribution is 4.88. The van der Waals surface area contributed by atoms with Gasteiger partial charge in [-0.3, -0.25) is 9.80 Å². The Bertz CT molecular complexity index is 138. The Kier molecular flexibility index (Phi) is 1.44. The van der Waals surface area contributed by atoms with Gasteiger partial charge in [-0.25, -0.2) is 0 Å². The number of aliphatic hydroxyl groups is 1. The molecule has 2 aliphatic rings. The molecule has 0 aromatic carbocycles. The average Bonchev–Trinajstić information content (AvgIpc) is 2.41. The van der Waals surface area contributed by atoms with Gasteiger partial charge in [0.25, 0.3) is 0 Å². The van der Waals surface area contributed by atoms with Crippen molar-refractivity contribution in [1.82, 2.24) is 9.80 Å². The summed E-state index contributed by atoms with van der Waals surface area (Å²) in [7, 11) is 1.98. The smallest absolute Gasteiger partial charge is 0.165 e.